The van der Waals surface area contributed by atoms with E-state index < -0.39 is 5.91 Å². The van der Waals surface area contributed by atoms with Gasteiger partial charge in [-0.1, -0.05) is 0 Å². The third-order valence-corrected chi connectivity index (χ3v) is 2.26. The van der Waals surface area contributed by atoms with Gasteiger partial charge in [-0.15, -0.1) is 0 Å². The van der Waals surface area contributed by atoms with E-state index in [1.807, 2.05) is 0 Å². The minimum atomic E-state index is -0.499. The van der Waals surface area contributed by atoms with Crippen LogP contribution in [0, 0.1) is 0 Å². The summed E-state index contributed by atoms with van der Waals surface area (Å²) >= 11 is 0. The van der Waals surface area contributed by atoms with Crippen molar-refractivity contribution >= 4 is 11.8 Å². The van der Waals surface area contributed by atoms with Gasteiger partial charge in [0.25, 0.3) is 5.91 Å². The fourth-order valence-electron chi connectivity index (χ4n) is 1.24. The Kier molecular flexibility index (Phi) is 5.62. The number of carbonyl (C=O) groups is 2. The largest absolute Gasteiger partial charge is 0.497 e. The monoisotopic (exact) mass is 268 g/mol. The Hall–Kier alpha value is -2.28. The maximum atomic E-state index is 11.8. The summed E-state index contributed by atoms with van der Waals surface area (Å²) in [5.41, 5.74) is 2.46. The average Bonchev–Trinajstić information content (AvgIpc) is 2.46. The van der Waals surface area contributed by atoms with Crippen molar-refractivity contribution in [2.24, 2.45) is 0 Å². The van der Waals surface area contributed by atoms with Crippen molar-refractivity contribution in [3.05, 3.63) is 23.8 Å². The summed E-state index contributed by atoms with van der Waals surface area (Å²) < 4.78 is 10.1. The van der Waals surface area contributed by atoms with E-state index in [9.17, 15) is 9.59 Å². The van der Waals surface area contributed by atoms with Crippen molar-refractivity contribution in [3.8, 4) is 11.5 Å². The fourth-order valence-corrected chi connectivity index (χ4v) is 1.24. The standard InChI is InChI=1S/C12H16N2O5/c1-13-11(15)7-19-14-12(16)8-4-9(17-2)6-10(5-8)18-3/h4-6H,7H2,1-3H3,(H,13,15)(H,14,16). The second-order valence-corrected chi connectivity index (χ2v) is 3.49. The zero-order valence-electron chi connectivity index (χ0n) is 11.0. The molecule has 2 N–H and O–H groups in total. The van der Waals surface area contributed by atoms with Gasteiger partial charge in [0.15, 0.2) is 6.61 Å². The molecule has 0 saturated carbocycles. The number of hydrogen-bond donors (Lipinski definition) is 2. The maximum absolute atomic E-state index is 11.8. The normalized spacial score (nSPS) is 9.63. The summed E-state index contributed by atoms with van der Waals surface area (Å²) in [6.45, 7) is -0.261. The lowest BCUT2D eigenvalue weighted by Crippen LogP contribution is -2.31. The molecule has 104 valence electrons. The van der Waals surface area contributed by atoms with E-state index in [1.54, 1.807) is 6.07 Å². The second-order valence-electron chi connectivity index (χ2n) is 3.49. The molecule has 7 nitrogen and oxygen atoms in total. The molecule has 0 aliphatic heterocycles. The van der Waals surface area contributed by atoms with Crippen molar-refractivity contribution in [1.29, 1.82) is 0 Å². The van der Waals surface area contributed by atoms with Gasteiger partial charge in [0, 0.05) is 18.7 Å². The van der Waals surface area contributed by atoms with Crippen LogP contribution in [-0.4, -0.2) is 39.7 Å². The van der Waals surface area contributed by atoms with E-state index in [1.165, 1.54) is 33.4 Å². The zero-order chi connectivity index (χ0) is 14.3. The Labute approximate surface area is 110 Å². The van der Waals surface area contributed by atoms with E-state index in [-0.39, 0.29) is 12.5 Å². The number of hydroxylamine groups is 1. The molecular formula is C12H16N2O5. The molecule has 2 amide bonds. The van der Waals surface area contributed by atoms with E-state index in [0.29, 0.717) is 17.1 Å². The summed E-state index contributed by atoms with van der Waals surface area (Å²) in [5.74, 6) is 0.122. The van der Waals surface area contributed by atoms with Crippen molar-refractivity contribution in [2.75, 3.05) is 27.9 Å². The number of methoxy groups -OCH3 is 2. The predicted octanol–water partition coefficient (Wildman–Crippen LogP) is 0.111. The Balaban J connectivity index is 2.68. The van der Waals surface area contributed by atoms with Crippen LogP contribution in [0.25, 0.3) is 0 Å². The summed E-state index contributed by atoms with van der Waals surface area (Å²) in [7, 11) is 4.44. The van der Waals surface area contributed by atoms with Gasteiger partial charge in [0.05, 0.1) is 14.2 Å². The molecule has 1 aromatic rings. The Morgan fingerprint density at radius 2 is 1.68 bits per heavy atom. The van der Waals surface area contributed by atoms with E-state index in [2.05, 4.69) is 10.8 Å². The second kappa shape index (κ2) is 7.22. The molecule has 0 atom stereocenters. The highest BCUT2D eigenvalue weighted by molar-refractivity contribution is 5.94. The van der Waals surface area contributed by atoms with Crippen LogP contribution in [0.2, 0.25) is 0 Å². The molecule has 1 rings (SSSR count). The molecule has 0 heterocycles. The van der Waals surface area contributed by atoms with Crippen LogP contribution < -0.4 is 20.3 Å². The van der Waals surface area contributed by atoms with Crippen LogP contribution >= 0.6 is 0 Å². The summed E-state index contributed by atoms with van der Waals surface area (Å²) in [6, 6.07) is 4.70. The highest BCUT2D eigenvalue weighted by Crippen LogP contribution is 2.22. The molecule has 1 aromatic carbocycles. The molecule has 0 aliphatic rings. The van der Waals surface area contributed by atoms with Crippen LogP contribution in [-0.2, 0) is 9.63 Å². The molecule has 0 radical (unpaired) electrons. The van der Waals surface area contributed by atoms with E-state index in [4.69, 9.17) is 14.3 Å². The molecule has 0 saturated heterocycles. The number of ether oxygens (including phenoxy) is 2. The Morgan fingerprint density at radius 1 is 1.11 bits per heavy atom. The molecule has 0 aromatic heterocycles. The number of nitrogens with one attached hydrogen (secondary N) is 2. The first-order valence-corrected chi connectivity index (χ1v) is 5.46. The number of likely N-dealkylation sites (N-methyl/N-ethyl adjacent to an activating group) is 1. The number of benzene rings is 1. The summed E-state index contributed by atoms with van der Waals surface area (Å²) in [5, 5.41) is 2.36. The van der Waals surface area contributed by atoms with Gasteiger partial charge in [-0.05, 0) is 12.1 Å². The van der Waals surface area contributed by atoms with Crippen molar-refractivity contribution in [3.63, 3.8) is 0 Å². The van der Waals surface area contributed by atoms with Crippen LogP contribution in [0.4, 0.5) is 0 Å². The lowest BCUT2D eigenvalue weighted by molar-refractivity contribution is -0.126. The molecule has 0 bridgehead atoms. The average molecular weight is 268 g/mol. The lowest BCUT2D eigenvalue weighted by atomic mass is 10.2. The SMILES string of the molecule is CNC(=O)CONC(=O)c1cc(OC)cc(OC)c1. The quantitative estimate of drug-likeness (QED) is 0.715. The van der Waals surface area contributed by atoms with Gasteiger partial charge >= 0.3 is 0 Å². The number of carbonyl (C=O) groups excluding carboxylic acids is 2. The molecule has 0 fully saturated rings. The topological polar surface area (TPSA) is 85.9 Å². The number of hydrogen-bond acceptors (Lipinski definition) is 5. The van der Waals surface area contributed by atoms with E-state index in [0.717, 1.165) is 0 Å². The summed E-state index contributed by atoms with van der Waals surface area (Å²) in [4.78, 5) is 27.4. The third kappa shape index (κ3) is 4.47. The van der Waals surface area contributed by atoms with Gasteiger partial charge in [0.1, 0.15) is 11.5 Å². The minimum Gasteiger partial charge on any atom is -0.497 e. The van der Waals surface area contributed by atoms with Gasteiger partial charge in [0.2, 0.25) is 5.91 Å². The van der Waals surface area contributed by atoms with Crippen molar-refractivity contribution in [1.82, 2.24) is 10.8 Å². The smallest absolute Gasteiger partial charge is 0.275 e. The van der Waals surface area contributed by atoms with Crippen molar-refractivity contribution in [2.45, 2.75) is 0 Å². The molecular weight excluding hydrogens is 252 g/mol. The van der Waals surface area contributed by atoms with Gasteiger partial charge < -0.3 is 14.8 Å². The highest BCUT2D eigenvalue weighted by atomic mass is 16.7. The van der Waals surface area contributed by atoms with E-state index >= 15 is 0 Å². The number of rotatable bonds is 6. The molecule has 19 heavy (non-hydrogen) atoms. The molecule has 7 heteroatoms. The minimum absolute atomic E-state index is 0.261. The van der Waals surface area contributed by atoms with Crippen LogP contribution in [0.15, 0.2) is 18.2 Å². The van der Waals surface area contributed by atoms with Crippen LogP contribution in [0.3, 0.4) is 0 Å². The van der Waals surface area contributed by atoms with Crippen molar-refractivity contribution < 1.29 is 23.9 Å². The lowest BCUT2D eigenvalue weighted by Gasteiger charge is -2.09. The first-order valence-electron chi connectivity index (χ1n) is 5.46. The maximum Gasteiger partial charge on any atom is 0.275 e. The summed E-state index contributed by atoms with van der Waals surface area (Å²) in [6.07, 6.45) is 0. The fraction of sp³-hybridized carbons (Fsp3) is 0.333. The Bertz CT molecular complexity index is 439. The number of amides is 2. The van der Waals surface area contributed by atoms with Crippen LogP contribution in [0.1, 0.15) is 10.4 Å². The Morgan fingerprint density at radius 3 is 2.16 bits per heavy atom. The highest BCUT2D eigenvalue weighted by Gasteiger charge is 2.10. The first-order chi connectivity index (χ1) is 9.10. The third-order valence-electron chi connectivity index (χ3n) is 2.26. The van der Waals surface area contributed by atoms with Gasteiger partial charge in [-0.25, -0.2) is 5.48 Å². The van der Waals surface area contributed by atoms with Crippen LogP contribution in [0.5, 0.6) is 11.5 Å². The molecule has 0 unspecified atom stereocenters. The molecule has 0 spiro atoms. The zero-order valence-corrected chi connectivity index (χ0v) is 11.0. The van der Waals surface area contributed by atoms with Gasteiger partial charge in [-0.2, -0.15) is 0 Å². The van der Waals surface area contributed by atoms with Gasteiger partial charge in [-0.3, -0.25) is 14.4 Å². The predicted molar refractivity (Wildman–Crippen MR) is 67.0 cm³/mol. The molecule has 0 aliphatic carbocycles. The first kappa shape index (κ1) is 14.8.